The highest BCUT2D eigenvalue weighted by Crippen LogP contribution is 2.48. The minimum Gasteiger partial charge on any atom is -0.465 e. The summed E-state index contributed by atoms with van der Waals surface area (Å²) in [5.74, 6) is 0.0218. The molecule has 2 saturated heterocycles. The van der Waals surface area contributed by atoms with Crippen molar-refractivity contribution >= 4 is 11.9 Å². The number of likely N-dealkylation sites (tertiary alicyclic amines) is 1. The van der Waals surface area contributed by atoms with Crippen LogP contribution in [-0.2, 0) is 9.53 Å². The monoisotopic (exact) mass is 255 g/mol. The van der Waals surface area contributed by atoms with Crippen LogP contribution in [0.15, 0.2) is 0 Å². The molecule has 5 heteroatoms. The minimum atomic E-state index is -1.01. The summed E-state index contributed by atoms with van der Waals surface area (Å²) < 4.78 is 5.79. The predicted octanol–water partition coefficient (Wildman–Crippen LogP) is 1.76. The molecule has 2 unspecified atom stereocenters. The van der Waals surface area contributed by atoms with E-state index in [1.54, 1.807) is 0 Å². The van der Waals surface area contributed by atoms with Crippen LogP contribution in [0.4, 0.5) is 4.79 Å². The maximum absolute atomic E-state index is 12.4. The molecule has 2 aliphatic rings. The Balaban J connectivity index is 2.22. The number of amides is 1. The zero-order chi connectivity index (χ0) is 13.6. The van der Waals surface area contributed by atoms with Crippen molar-refractivity contribution in [3.8, 4) is 0 Å². The molecule has 1 N–H and O–H groups in total. The Hall–Kier alpha value is -1.10. The first-order valence-electron chi connectivity index (χ1n) is 6.40. The molecule has 102 valence electrons. The van der Waals surface area contributed by atoms with Crippen LogP contribution in [0.1, 0.15) is 33.6 Å². The molecule has 0 aromatic heterocycles. The molecule has 0 aromatic carbocycles. The first-order valence-corrected chi connectivity index (χ1v) is 6.40. The van der Waals surface area contributed by atoms with Crippen LogP contribution in [0.2, 0.25) is 0 Å². The summed E-state index contributed by atoms with van der Waals surface area (Å²) in [5, 5.41) is 8.96. The molecule has 2 fully saturated rings. The second-order valence-corrected chi connectivity index (χ2v) is 6.40. The fraction of sp³-hybridized carbons (Fsp3) is 0.846. The molecule has 2 heterocycles. The topological polar surface area (TPSA) is 66.8 Å². The van der Waals surface area contributed by atoms with Crippen LogP contribution >= 0.6 is 0 Å². The molecule has 0 bridgehead atoms. The number of hydrogen-bond acceptors (Lipinski definition) is 3. The van der Waals surface area contributed by atoms with Gasteiger partial charge in [-0.3, -0.25) is 4.79 Å². The van der Waals surface area contributed by atoms with Crippen LogP contribution < -0.4 is 0 Å². The van der Waals surface area contributed by atoms with Crippen LogP contribution in [0.5, 0.6) is 0 Å². The minimum absolute atomic E-state index is 0.00523. The van der Waals surface area contributed by atoms with Crippen LogP contribution in [0.3, 0.4) is 0 Å². The lowest BCUT2D eigenvalue weighted by Crippen LogP contribution is -2.55. The Morgan fingerprint density at radius 2 is 2.11 bits per heavy atom. The third kappa shape index (κ3) is 2.00. The molecule has 2 aliphatic heterocycles. The smallest absolute Gasteiger partial charge is 0.407 e. The van der Waals surface area contributed by atoms with E-state index in [1.165, 1.54) is 4.90 Å². The number of ether oxygens (including phenoxy) is 1. The van der Waals surface area contributed by atoms with Gasteiger partial charge >= 0.3 is 6.09 Å². The van der Waals surface area contributed by atoms with Gasteiger partial charge in [0.15, 0.2) is 5.78 Å². The van der Waals surface area contributed by atoms with E-state index in [9.17, 15) is 9.59 Å². The highest BCUT2D eigenvalue weighted by atomic mass is 16.5. The maximum Gasteiger partial charge on any atom is 0.407 e. The van der Waals surface area contributed by atoms with E-state index < -0.39 is 11.5 Å². The summed E-state index contributed by atoms with van der Waals surface area (Å²) in [5.41, 5.74) is -0.568. The molecule has 0 aromatic rings. The van der Waals surface area contributed by atoms with Crippen LogP contribution in [-0.4, -0.2) is 47.7 Å². The van der Waals surface area contributed by atoms with E-state index in [1.807, 2.05) is 0 Å². The Morgan fingerprint density at radius 1 is 1.44 bits per heavy atom. The number of carboxylic acid groups (broad SMARTS) is 1. The number of ketones is 1. The molecule has 0 saturated carbocycles. The molecule has 1 amide bonds. The van der Waals surface area contributed by atoms with Gasteiger partial charge in [-0.15, -0.1) is 0 Å². The molecule has 2 rings (SSSR count). The zero-order valence-corrected chi connectivity index (χ0v) is 11.2. The van der Waals surface area contributed by atoms with Crippen LogP contribution in [0.25, 0.3) is 0 Å². The van der Waals surface area contributed by atoms with Gasteiger partial charge in [0.1, 0.15) is 0 Å². The van der Waals surface area contributed by atoms with Gasteiger partial charge in [-0.1, -0.05) is 20.8 Å². The Bertz CT molecular complexity index is 374. The average Bonchev–Trinajstić information content (AvgIpc) is 2.66. The first-order chi connectivity index (χ1) is 8.27. The van der Waals surface area contributed by atoms with E-state index in [0.717, 1.165) is 6.42 Å². The predicted molar refractivity (Wildman–Crippen MR) is 65.5 cm³/mol. The Kier molecular flexibility index (Phi) is 3.13. The fourth-order valence-electron chi connectivity index (χ4n) is 3.32. The van der Waals surface area contributed by atoms with Gasteiger partial charge in [-0.2, -0.15) is 0 Å². The lowest BCUT2D eigenvalue weighted by Gasteiger charge is -2.44. The van der Waals surface area contributed by atoms with Crippen molar-refractivity contribution in [1.29, 1.82) is 0 Å². The van der Waals surface area contributed by atoms with Crippen molar-refractivity contribution in [2.75, 3.05) is 19.7 Å². The van der Waals surface area contributed by atoms with E-state index >= 15 is 0 Å². The number of piperidine rings is 1. The number of nitrogens with zero attached hydrogens (tertiary/aromatic N) is 1. The summed E-state index contributed by atoms with van der Waals surface area (Å²) in [4.78, 5) is 24.5. The van der Waals surface area contributed by atoms with Crippen molar-refractivity contribution in [3.63, 3.8) is 0 Å². The van der Waals surface area contributed by atoms with Crippen molar-refractivity contribution in [2.24, 2.45) is 10.8 Å². The summed E-state index contributed by atoms with van der Waals surface area (Å²) in [6.07, 6.45) is 0.194. The first kappa shape index (κ1) is 13.3. The van der Waals surface area contributed by atoms with Crippen molar-refractivity contribution in [2.45, 2.75) is 39.7 Å². The molecular weight excluding hydrogens is 234 g/mol. The Labute approximate surface area is 107 Å². The summed E-state index contributed by atoms with van der Waals surface area (Å²) >= 11 is 0. The van der Waals surface area contributed by atoms with Gasteiger partial charge < -0.3 is 14.7 Å². The van der Waals surface area contributed by atoms with Crippen molar-refractivity contribution in [1.82, 2.24) is 4.90 Å². The highest BCUT2D eigenvalue weighted by molar-refractivity contribution is 5.90. The quantitative estimate of drug-likeness (QED) is 0.716. The number of rotatable bonds is 0. The normalized spacial score (nSPS) is 33.2. The number of Topliss-reactive ketones (excluding diaryl/α,β-unsaturated/α-hetero) is 1. The van der Waals surface area contributed by atoms with E-state index in [0.29, 0.717) is 19.6 Å². The van der Waals surface area contributed by atoms with E-state index in [2.05, 4.69) is 20.8 Å². The van der Waals surface area contributed by atoms with Gasteiger partial charge in [0.25, 0.3) is 0 Å². The SMILES string of the molecule is CC(C)(C)C1OCCC12CCN(C(=O)O)CC2=O. The molecule has 0 radical (unpaired) electrons. The summed E-state index contributed by atoms with van der Waals surface area (Å²) in [6, 6.07) is 0. The molecule has 0 aliphatic carbocycles. The number of carbonyl (C=O) groups excluding carboxylic acids is 1. The molecule has 1 spiro atoms. The third-order valence-electron chi connectivity index (χ3n) is 4.11. The van der Waals surface area contributed by atoms with Gasteiger partial charge in [-0.05, 0) is 18.3 Å². The van der Waals surface area contributed by atoms with Gasteiger partial charge in [-0.25, -0.2) is 4.79 Å². The third-order valence-corrected chi connectivity index (χ3v) is 4.11. The molecular formula is C13H21NO4. The second kappa shape index (κ2) is 4.23. The standard InChI is InChI=1S/C13H21NO4/c1-12(2,3)10-13(5-7-18-10)4-6-14(11(16)17)8-9(13)15/h10H,4-8H2,1-3H3,(H,16,17). The lowest BCUT2D eigenvalue weighted by molar-refractivity contribution is -0.142. The van der Waals surface area contributed by atoms with Gasteiger partial charge in [0.05, 0.1) is 18.1 Å². The average molecular weight is 255 g/mol. The molecule has 18 heavy (non-hydrogen) atoms. The van der Waals surface area contributed by atoms with Gasteiger partial charge in [0, 0.05) is 13.2 Å². The van der Waals surface area contributed by atoms with Gasteiger partial charge in [0.2, 0.25) is 0 Å². The number of carbonyl (C=O) groups is 2. The largest absolute Gasteiger partial charge is 0.465 e. The summed E-state index contributed by atoms with van der Waals surface area (Å²) in [7, 11) is 0. The van der Waals surface area contributed by atoms with Crippen molar-refractivity contribution < 1.29 is 19.4 Å². The van der Waals surface area contributed by atoms with Crippen LogP contribution in [0, 0.1) is 10.8 Å². The van der Waals surface area contributed by atoms with E-state index in [4.69, 9.17) is 9.84 Å². The highest BCUT2D eigenvalue weighted by Gasteiger charge is 2.55. The van der Waals surface area contributed by atoms with E-state index in [-0.39, 0.29) is 23.8 Å². The second-order valence-electron chi connectivity index (χ2n) is 6.40. The lowest BCUT2D eigenvalue weighted by atomic mass is 9.65. The van der Waals surface area contributed by atoms with Crippen molar-refractivity contribution in [3.05, 3.63) is 0 Å². The molecule has 5 nitrogen and oxygen atoms in total. The Morgan fingerprint density at radius 3 is 2.61 bits per heavy atom. The fourth-order valence-corrected chi connectivity index (χ4v) is 3.32. The molecule has 2 atom stereocenters. The maximum atomic E-state index is 12.4. The zero-order valence-electron chi connectivity index (χ0n) is 11.2. The summed E-state index contributed by atoms with van der Waals surface area (Å²) in [6.45, 7) is 7.24. The number of hydrogen-bond donors (Lipinski definition) is 1.